The summed E-state index contributed by atoms with van der Waals surface area (Å²) < 4.78 is 0. The highest BCUT2D eigenvalue weighted by Crippen LogP contribution is 2.52. The van der Waals surface area contributed by atoms with Gasteiger partial charge in [-0.05, 0) is 43.6 Å². The van der Waals surface area contributed by atoms with Gasteiger partial charge >= 0.3 is 5.97 Å². The molecule has 2 bridgehead atoms. The number of amides is 2. The number of carboxylic acids is 1. The third-order valence-electron chi connectivity index (χ3n) is 6.09. The number of hydrazine groups is 1. The van der Waals surface area contributed by atoms with E-state index in [0.717, 1.165) is 35.3 Å². The average molecular weight is 398 g/mol. The standard InChI is InChI=1S/C21H22N2O4S/c1-11-16(12-5-3-2-4-6-12)15(10-28-11)19(24)22-23-20(25)17-13-7-8-14(9-13)18(17)21(26)27/h2-6,10,13-14,17-18H,7-9H2,1H3,(H,22,24)(H,23,25)(H,26,27)/t13-,14-,17-,18-/m0/s1. The van der Waals surface area contributed by atoms with E-state index in [4.69, 9.17) is 0 Å². The van der Waals surface area contributed by atoms with Crippen molar-refractivity contribution in [1.82, 2.24) is 10.9 Å². The largest absolute Gasteiger partial charge is 0.481 e. The minimum Gasteiger partial charge on any atom is -0.481 e. The van der Waals surface area contributed by atoms with Gasteiger partial charge in [-0.2, -0.15) is 0 Å². The van der Waals surface area contributed by atoms with Crippen LogP contribution >= 0.6 is 11.3 Å². The van der Waals surface area contributed by atoms with Crippen LogP contribution in [0.2, 0.25) is 0 Å². The lowest BCUT2D eigenvalue weighted by Gasteiger charge is -2.27. The maximum atomic E-state index is 12.7. The van der Waals surface area contributed by atoms with E-state index in [1.165, 1.54) is 11.3 Å². The lowest BCUT2D eigenvalue weighted by molar-refractivity contribution is -0.149. The lowest BCUT2D eigenvalue weighted by Crippen LogP contribution is -2.48. The maximum absolute atomic E-state index is 12.7. The normalized spacial score (nSPS) is 25.5. The predicted molar refractivity (Wildman–Crippen MR) is 106 cm³/mol. The van der Waals surface area contributed by atoms with Gasteiger partial charge in [0.2, 0.25) is 5.91 Å². The van der Waals surface area contributed by atoms with E-state index in [9.17, 15) is 19.5 Å². The first kappa shape index (κ1) is 18.7. The first-order chi connectivity index (χ1) is 13.5. The van der Waals surface area contributed by atoms with Crippen LogP contribution in [0.5, 0.6) is 0 Å². The van der Waals surface area contributed by atoms with E-state index >= 15 is 0 Å². The molecule has 7 heteroatoms. The molecule has 4 atom stereocenters. The molecule has 28 heavy (non-hydrogen) atoms. The van der Waals surface area contributed by atoms with Gasteiger partial charge in [-0.25, -0.2) is 0 Å². The van der Waals surface area contributed by atoms with Crippen LogP contribution in [-0.4, -0.2) is 22.9 Å². The molecule has 146 valence electrons. The van der Waals surface area contributed by atoms with E-state index in [-0.39, 0.29) is 11.8 Å². The quantitative estimate of drug-likeness (QED) is 0.689. The zero-order valence-corrected chi connectivity index (χ0v) is 16.3. The fraction of sp³-hybridized carbons (Fsp3) is 0.381. The number of nitrogens with one attached hydrogen (secondary N) is 2. The van der Waals surface area contributed by atoms with Gasteiger partial charge in [0, 0.05) is 15.8 Å². The third-order valence-corrected chi connectivity index (χ3v) is 7.00. The van der Waals surface area contributed by atoms with Crippen LogP contribution in [0, 0.1) is 30.6 Å². The van der Waals surface area contributed by atoms with Crippen molar-refractivity contribution in [1.29, 1.82) is 0 Å². The van der Waals surface area contributed by atoms with Crippen molar-refractivity contribution in [3.8, 4) is 11.1 Å². The van der Waals surface area contributed by atoms with Gasteiger partial charge in [-0.3, -0.25) is 25.2 Å². The van der Waals surface area contributed by atoms with E-state index in [2.05, 4.69) is 10.9 Å². The molecule has 6 nitrogen and oxygen atoms in total. The summed E-state index contributed by atoms with van der Waals surface area (Å²) in [5.74, 6) is -2.79. The number of carboxylic acid groups (broad SMARTS) is 1. The maximum Gasteiger partial charge on any atom is 0.307 e. The van der Waals surface area contributed by atoms with Crippen LogP contribution < -0.4 is 10.9 Å². The Morgan fingerprint density at radius 2 is 1.71 bits per heavy atom. The van der Waals surface area contributed by atoms with Crippen LogP contribution in [0.4, 0.5) is 0 Å². The predicted octanol–water partition coefficient (Wildman–Crippen LogP) is 3.23. The van der Waals surface area contributed by atoms with Crippen molar-refractivity contribution < 1.29 is 19.5 Å². The summed E-state index contributed by atoms with van der Waals surface area (Å²) >= 11 is 1.48. The summed E-state index contributed by atoms with van der Waals surface area (Å²) in [5, 5.41) is 11.3. The molecule has 1 aromatic heterocycles. The molecule has 3 N–H and O–H groups in total. The highest BCUT2D eigenvalue weighted by atomic mass is 32.1. The van der Waals surface area contributed by atoms with E-state index in [1.54, 1.807) is 5.38 Å². The van der Waals surface area contributed by atoms with Gasteiger partial charge in [-0.1, -0.05) is 30.3 Å². The zero-order valence-electron chi connectivity index (χ0n) is 15.5. The summed E-state index contributed by atoms with van der Waals surface area (Å²) in [6, 6.07) is 9.63. The number of aliphatic carboxylic acids is 1. The van der Waals surface area contributed by atoms with E-state index < -0.39 is 29.6 Å². The molecule has 2 aliphatic carbocycles. The van der Waals surface area contributed by atoms with Gasteiger partial charge in [-0.15, -0.1) is 11.3 Å². The number of carbonyl (C=O) groups excluding carboxylic acids is 2. The van der Waals surface area contributed by atoms with Crippen molar-refractivity contribution in [3.05, 3.63) is 46.2 Å². The SMILES string of the molecule is Cc1scc(C(=O)NNC(=O)[C@H]2[C@H]3CC[C@@H](C3)[C@@H]2C(=O)O)c1-c1ccccc1. The molecule has 0 spiro atoms. The number of fused-ring (bicyclic) bond motifs is 2. The molecule has 2 aliphatic rings. The van der Waals surface area contributed by atoms with Crippen molar-refractivity contribution in [3.63, 3.8) is 0 Å². The second kappa shape index (κ2) is 7.39. The average Bonchev–Trinajstić information content (AvgIpc) is 3.40. The number of hydrogen-bond donors (Lipinski definition) is 3. The first-order valence-corrected chi connectivity index (χ1v) is 10.3. The van der Waals surface area contributed by atoms with Crippen molar-refractivity contribution in [2.24, 2.45) is 23.7 Å². The number of hydrogen-bond acceptors (Lipinski definition) is 4. The number of thiophene rings is 1. The molecule has 0 unspecified atom stereocenters. The molecule has 2 aromatic rings. The van der Waals surface area contributed by atoms with Crippen LogP contribution in [-0.2, 0) is 9.59 Å². The number of benzene rings is 1. The van der Waals surface area contributed by atoms with E-state index in [0.29, 0.717) is 5.56 Å². The van der Waals surface area contributed by atoms with Gasteiger partial charge in [0.1, 0.15) is 0 Å². The topological polar surface area (TPSA) is 95.5 Å². The molecule has 0 aliphatic heterocycles. The molecule has 2 amide bonds. The monoisotopic (exact) mass is 398 g/mol. The fourth-order valence-corrected chi connectivity index (χ4v) is 5.74. The van der Waals surface area contributed by atoms with Crippen molar-refractivity contribution >= 4 is 29.1 Å². The minimum atomic E-state index is -0.918. The number of aryl methyl sites for hydroxylation is 1. The van der Waals surface area contributed by atoms with Gasteiger partial charge < -0.3 is 5.11 Å². The van der Waals surface area contributed by atoms with Crippen LogP contribution in [0.15, 0.2) is 35.7 Å². The Hall–Kier alpha value is -2.67. The Labute approximate surface area is 166 Å². The first-order valence-electron chi connectivity index (χ1n) is 9.44. The molecule has 2 fully saturated rings. The molecule has 2 saturated carbocycles. The summed E-state index contributed by atoms with van der Waals surface area (Å²) in [7, 11) is 0. The molecule has 1 heterocycles. The molecule has 0 saturated heterocycles. The van der Waals surface area contributed by atoms with Crippen LogP contribution in [0.25, 0.3) is 11.1 Å². The van der Waals surface area contributed by atoms with Crippen molar-refractivity contribution in [2.45, 2.75) is 26.2 Å². The molecule has 4 rings (SSSR count). The van der Waals surface area contributed by atoms with E-state index in [1.807, 2.05) is 37.3 Å². The Bertz CT molecular complexity index is 924. The molecule has 0 radical (unpaired) electrons. The summed E-state index contributed by atoms with van der Waals surface area (Å²) in [6.07, 6.45) is 2.53. The number of carbonyl (C=O) groups is 3. The smallest absolute Gasteiger partial charge is 0.307 e. The summed E-state index contributed by atoms with van der Waals surface area (Å²) in [6.45, 7) is 1.95. The van der Waals surface area contributed by atoms with Gasteiger partial charge in [0.15, 0.2) is 0 Å². The second-order valence-electron chi connectivity index (χ2n) is 7.61. The summed E-state index contributed by atoms with van der Waals surface area (Å²) in [4.78, 5) is 38.0. The molecular formula is C21H22N2O4S. The third kappa shape index (κ3) is 3.20. The fourth-order valence-electron chi connectivity index (χ4n) is 4.88. The summed E-state index contributed by atoms with van der Waals surface area (Å²) in [5.41, 5.74) is 7.26. The Morgan fingerprint density at radius 3 is 2.39 bits per heavy atom. The Balaban J connectivity index is 1.47. The van der Waals surface area contributed by atoms with Crippen molar-refractivity contribution in [2.75, 3.05) is 0 Å². The molecule has 1 aromatic carbocycles. The van der Waals surface area contributed by atoms with Gasteiger partial charge in [0.05, 0.1) is 17.4 Å². The molecular weight excluding hydrogens is 376 g/mol. The van der Waals surface area contributed by atoms with Gasteiger partial charge in [0.25, 0.3) is 5.91 Å². The Morgan fingerprint density at radius 1 is 1.04 bits per heavy atom. The van der Waals surface area contributed by atoms with Crippen LogP contribution in [0.1, 0.15) is 34.5 Å². The second-order valence-corrected chi connectivity index (χ2v) is 8.70. The number of rotatable bonds is 4. The van der Waals surface area contributed by atoms with Crippen LogP contribution in [0.3, 0.4) is 0 Å². The minimum absolute atomic E-state index is 0.0677. The Kier molecular flexibility index (Phi) is 4.93. The lowest BCUT2D eigenvalue weighted by atomic mass is 9.79. The highest BCUT2D eigenvalue weighted by molar-refractivity contribution is 7.10. The highest BCUT2D eigenvalue weighted by Gasteiger charge is 2.54. The zero-order chi connectivity index (χ0) is 19.8.